The summed E-state index contributed by atoms with van der Waals surface area (Å²) in [5.74, 6) is -1.30. The summed E-state index contributed by atoms with van der Waals surface area (Å²) in [6.45, 7) is 0. The third-order valence-electron chi connectivity index (χ3n) is 4.58. The topological polar surface area (TPSA) is 129 Å². The number of anilines is 3. The molecule has 1 aliphatic heterocycles. The predicted octanol–water partition coefficient (Wildman–Crippen LogP) is 3.44. The number of thiazole rings is 1. The van der Waals surface area contributed by atoms with Crippen LogP contribution in [0.1, 0.15) is 4.88 Å². The van der Waals surface area contributed by atoms with Crippen molar-refractivity contribution in [2.45, 2.75) is 4.34 Å². The van der Waals surface area contributed by atoms with E-state index >= 15 is 0 Å². The van der Waals surface area contributed by atoms with Crippen LogP contribution in [0.25, 0.3) is 5.57 Å². The third-order valence-corrected chi connectivity index (χ3v) is 8.02. The summed E-state index contributed by atoms with van der Waals surface area (Å²) in [5, 5.41) is 26.0. The van der Waals surface area contributed by atoms with E-state index in [0.717, 1.165) is 15.8 Å². The molecule has 0 atom stereocenters. The van der Waals surface area contributed by atoms with Crippen molar-refractivity contribution in [1.29, 1.82) is 0 Å². The molecule has 2 aromatic carbocycles. The predicted molar refractivity (Wildman–Crippen MR) is 135 cm³/mol. The molecule has 14 heteroatoms. The van der Waals surface area contributed by atoms with Crippen LogP contribution >= 0.6 is 50.4 Å². The minimum atomic E-state index is -0.447. The zero-order valence-electron chi connectivity index (χ0n) is 17.3. The highest BCUT2D eigenvalue weighted by atomic mass is 79.9. The molecular formula is C21H12BrFN6O3S3. The number of nitrogens with zero attached hydrogens (tertiary/aromatic N) is 4. The van der Waals surface area contributed by atoms with Crippen molar-refractivity contribution in [2.75, 3.05) is 16.4 Å². The Kier molecular flexibility index (Phi) is 6.60. The first-order chi connectivity index (χ1) is 16.9. The zero-order chi connectivity index (χ0) is 24.5. The van der Waals surface area contributed by atoms with Gasteiger partial charge >= 0.3 is 0 Å². The Morgan fingerprint density at radius 1 is 1.11 bits per heavy atom. The standard InChI is InChI=1S/C21H12BrFN6O3S3/c22-9-1-6-13-12(7-9)15(17(31)25-13)16-18(32)26-19(34-16)27-20-28-29-21(35-20)33-8-14(30)24-11-4-2-10(23)3-5-11/h1-7,32H,8H2,(H,24,30)(H,26,27,28). The second kappa shape index (κ2) is 9.81. The molecule has 35 heavy (non-hydrogen) atoms. The number of aromatic hydroxyl groups is 1. The van der Waals surface area contributed by atoms with Crippen molar-refractivity contribution in [1.82, 2.24) is 15.2 Å². The van der Waals surface area contributed by atoms with Gasteiger partial charge in [-0.3, -0.25) is 9.59 Å². The van der Waals surface area contributed by atoms with Gasteiger partial charge in [-0.25, -0.2) is 9.38 Å². The van der Waals surface area contributed by atoms with Crippen LogP contribution in [0.2, 0.25) is 0 Å². The lowest BCUT2D eigenvalue weighted by molar-refractivity contribution is -0.114. The highest BCUT2D eigenvalue weighted by molar-refractivity contribution is 9.10. The number of hydrogen-bond donors (Lipinski definition) is 3. The molecule has 0 unspecified atom stereocenters. The molecule has 0 spiro atoms. The molecule has 5 rings (SSSR count). The third kappa shape index (κ3) is 5.24. The quantitative estimate of drug-likeness (QED) is 0.279. The van der Waals surface area contributed by atoms with Crippen LogP contribution < -0.4 is 21.2 Å². The molecule has 2 aromatic heterocycles. The highest BCUT2D eigenvalue weighted by Crippen LogP contribution is 2.36. The lowest BCUT2D eigenvalue weighted by atomic mass is 10.1. The summed E-state index contributed by atoms with van der Waals surface area (Å²) < 4.78 is 14.3. The van der Waals surface area contributed by atoms with Gasteiger partial charge in [0.25, 0.3) is 5.91 Å². The lowest BCUT2D eigenvalue weighted by Gasteiger charge is -2.03. The van der Waals surface area contributed by atoms with Crippen molar-refractivity contribution in [3.05, 3.63) is 68.2 Å². The molecule has 3 N–H and O–H groups in total. The van der Waals surface area contributed by atoms with E-state index in [0.29, 0.717) is 35.7 Å². The zero-order valence-corrected chi connectivity index (χ0v) is 21.3. The first-order valence-corrected chi connectivity index (χ1v) is 13.2. The van der Waals surface area contributed by atoms with Crippen LogP contribution in [-0.2, 0) is 9.59 Å². The molecule has 0 saturated carbocycles. The van der Waals surface area contributed by atoms with Gasteiger partial charge in [-0.15, -0.1) is 10.2 Å². The van der Waals surface area contributed by atoms with Gasteiger partial charge in [0, 0.05) is 15.4 Å². The maximum Gasteiger partial charge on any atom is 0.279 e. The van der Waals surface area contributed by atoms with Crippen LogP contribution in [0.5, 0.6) is 5.88 Å². The Labute approximate surface area is 217 Å². The lowest BCUT2D eigenvalue weighted by Crippen LogP contribution is -2.22. The first kappa shape index (κ1) is 23.5. The van der Waals surface area contributed by atoms with E-state index in [1.54, 1.807) is 18.2 Å². The molecule has 0 radical (unpaired) electrons. The number of thioether (sulfide) groups is 1. The normalized spacial score (nSPS) is 12.4. The fraction of sp³-hybridized carbons (Fsp3) is 0.0476. The van der Waals surface area contributed by atoms with Gasteiger partial charge < -0.3 is 15.7 Å². The molecule has 3 heterocycles. The minimum absolute atomic E-state index is 0.0904. The number of halogens is 2. The largest absolute Gasteiger partial charge is 0.492 e. The summed E-state index contributed by atoms with van der Waals surface area (Å²) in [7, 11) is 0. The van der Waals surface area contributed by atoms with E-state index in [2.05, 4.69) is 46.7 Å². The smallest absolute Gasteiger partial charge is 0.279 e. The van der Waals surface area contributed by atoms with E-state index in [1.165, 1.54) is 47.4 Å². The van der Waals surface area contributed by atoms with Crippen LogP contribution in [0.4, 0.5) is 20.3 Å². The van der Waals surface area contributed by atoms with Crippen LogP contribution in [0.15, 0.2) is 56.3 Å². The summed E-state index contributed by atoms with van der Waals surface area (Å²) in [6.07, 6.45) is 0. The Hall–Kier alpha value is -3.20. The maximum atomic E-state index is 13.0. The molecule has 4 aromatic rings. The molecule has 9 nitrogen and oxygen atoms in total. The van der Waals surface area contributed by atoms with E-state index in [4.69, 9.17) is 0 Å². The summed E-state index contributed by atoms with van der Waals surface area (Å²) in [6, 6.07) is 10.8. The summed E-state index contributed by atoms with van der Waals surface area (Å²) in [5.41, 5.74) is 0.780. The monoisotopic (exact) mass is 590 g/mol. The number of carbonyl (C=O) groups excluding carboxylic acids is 2. The van der Waals surface area contributed by atoms with Crippen LogP contribution in [0.3, 0.4) is 0 Å². The van der Waals surface area contributed by atoms with Gasteiger partial charge in [0.15, 0.2) is 9.47 Å². The average molecular weight is 591 g/mol. The van der Waals surface area contributed by atoms with Crippen molar-refractivity contribution < 1.29 is 19.1 Å². The maximum absolute atomic E-state index is 13.0. The van der Waals surface area contributed by atoms with Crippen LogP contribution in [0, 0.1) is 5.82 Å². The van der Waals surface area contributed by atoms with E-state index in [1.807, 2.05) is 0 Å². The Balaban J connectivity index is 1.26. The van der Waals surface area contributed by atoms with Crippen molar-refractivity contribution in [3.8, 4) is 5.88 Å². The molecule has 0 bridgehead atoms. The number of fused-ring (bicyclic) bond motifs is 1. The molecule has 0 saturated heterocycles. The number of nitrogens with one attached hydrogen (secondary N) is 2. The van der Waals surface area contributed by atoms with Crippen molar-refractivity contribution >= 4 is 83.7 Å². The number of rotatable bonds is 7. The number of benzene rings is 2. The van der Waals surface area contributed by atoms with Gasteiger partial charge in [-0.05, 0) is 42.5 Å². The summed E-state index contributed by atoms with van der Waals surface area (Å²) in [4.78, 5) is 33.0. The fourth-order valence-electron chi connectivity index (χ4n) is 3.10. The Morgan fingerprint density at radius 3 is 2.71 bits per heavy atom. The van der Waals surface area contributed by atoms with Gasteiger partial charge in [0.05, 0.1) is 16.7 Å². The summed E-state index contributed by atoms with van der Waals surface area (Å²) >= 11 is 6.87. The van der Waals surface area contributed by atoms with Crippen molar-refractivity contribution in [2.24, 2.45) is 4.99 Å². The fourth-order valence-corrected chi connectivity index (χ4v) is 5.99. The van der Waals surface area contributed by atoms with Crippen LogP contribution in [-0.4, -0.2) is 37.9 Å². The van der Waals surface area contributed by atoms with Crippen molar-refractivity contribution in [3.63, 3.8) is 0 Å². The van der Waals surface area contributed by atoms with Gasteiger partial charge in [0.2, 0.25) is 16.9 Å². The average Bonchev–Trinajstić information content (AvgIpc) is 3.50. The first-order valence-electron chi connectivity index (χ1n) is 9.77. The highest BCUT2D eigenvalue weighted by Gasteiger charge is 2.25. The molecule has 0 fully saturated rings. The molecular weight excluding hydrogens is 579 g/mol. The van der Waals surface area contributed by atoms with Gasteiger partial charge in [-0.2, -0.15) is 4.98 Å². The number of amides is 2. The second-order valence-electron chi connectivity index (χ2n) is 6.97. The number of carbonyl (C=O) groups is 2. The Morgan fingerprint density at radius 2 is 1.91 bits per heavy atom. The Bertz CT molecular complexity index is 1590. The van der Waals surface area contributed by atoms with E-state index < -0.39 is 5.91 Å². The molecule has 176 valence electrons. The number of hydrogen-bond acceptors (Lipinski definition) is 10. The SMILES string of the molecule is O=C(CSc1nnc(Nc2nc(O)c(C3=c4cc(Br)ccc4=NC3=O)s2)s1)Nc1ccc(F)cc1. The minimum Gasteiger partial charge on any atom is -0.492 e. The second-order valence-corrected chi connectivity index (χ2v) is 11.1. The molecule has 1 aliphatic rings. The van der Waals surface area contributed by atoms with Gasteiger partial charge in [-0.1, -0.05) is 50.4 Å². The van der Waals surface area contributed by atoms with Gasteiger partial charge in [0.1, 0.15) is 10.7 Å². The van der Waals surface area contributed by atoms with E-state index in [9.17, 15) is 19.1 Å². The molecule has 2 amide bonds. The van der Waals surface area contributed by atoms with E-state index in [-0.39, 0.29) is 28.9 Å². The molecule has 0 aliphatic carbocycles. The number of aromatic nitrogens is 3.